The van der Waals surface area contributed by atoms with E-state index in [0.717, 1.165) is 22.1 Å². The lowest BCUT2D eigenvalue weighted by Crippen LogP contribution is -2.10. The van der Waals surface area contributed by atoms with Crippen LogP contribution in [0.5, 0.6) is 0 Å². The Bertz CT molecular complexity index is 941. The summed E-state index contributed by atoms with van der Waals surface area (Å²) in [6, 6.07) is 12.9. The Morgan fingerprint density at radius 2 is 1.88 bits per heavy atom. The molecule has 0 saturated heterocycles. The van der Waals surface area contributed by atoms with E-state index in [0.29, 0.717) is 27.9 Å². The van der Waals surface area contributed by atoms with Gasteiger partial charge in [-0.2, -0.15) is 0 Å². The molecule has 0 bridgehead atoms. The molecule has 0 fully saturated rings. The molecular weight excluding hydrogens is 381 g/mol. The number of hydrogen-bond donors (Lipinski definition) is 0. The third kappa shape index (κ3) is 3.74. The maximum Gasteiger partial charge on any atom is 0.357 e. The fraction of sp³-hybridized carbons (Fsp3) is 0.158. The third-order valence-corrected chi connectivity index (χ3v) is 4.37. The quantitative estimate of drug-likeness (QED) is 0.501. The Hall–Kier alpha value is -1.81. The summed E-state index contributed by atoms with van der Waals surface area (Å²) in [7, 11) is 0. The molecule has 1 heterocycles. The second-order valence-electron chi connectivity index (χ2n) is 5.32. The van der Waals surface area contributed by atoms with Gasteiger partial charge in [0, 0.05) is 21.0 Å². The molecule has 2 aromatic carbocycles. The number of fused-ring (bicyclic) bond motifs is 1. The molecule has 0 atom stereocenters. The van der Waals surface area contributed by atoms with Crippen molar-refractivity contribution in [2.24, 2.45) is 0 Å². The van der Waals surface area contributed by atoms with Crippen molar-refractivity contribution in [1.29, 1.82) is 0 Å². The van der Waals surface area contributed by atoms with E-state index < -0.39 is 5.97 Å². The Kier molecular flexibility index (Phi) is 6.28. The molecule has 6 heteroatoms. The van der Waals surface area contributed by atoms with Crippen molar-refractivity contribution in [3.63, 3.8) is 0 Å². The highest BCUT2D eigenvalue weighted by Crippen LogP contribution is 2.37. The summed E-state index contributed by atoms with van der Waals surface area (Å²) in [4.78, 5) is 16.8. The van der Waals surface area contributed by atoms with E-state index in [1.54, 1.807) is 19.1 Å². The van der Waals surface area contributed by atoms with Crippen molar-refractivity contribution < 1.29 is 9.53 Å². The zero-order valence-electron chi connectivity index (χ0n) is 13.7. The monoisotopic (exact) mass is 395 g/mol. The van der Waals surface area contributed by atoms with Gasteiger partial charge in [0.15, 0.2) is 5.69 Å². The lowest BCUT2D eigenvalue weighted by Gasteiger charge is -2.15. The number of rotatable bonds is 3. The van der Waals surface area contributed by atoms with Gasteiger partial charge < -0.3 is 4.74 Å². The molecule has 3 nitrogen and oxygen atoms in total. The van der Waals surface area contributed by atoms with E-state index in [-0.39, 0.29) is 12.4 Å². The average Bonchev–Trinajstić information content (AvgIpc) is 2.56. The van der Waals surface area contributed by atoms with E-state index in [2.05, 4.69) is 4.98 Å². The van der Waals surface area contributed by atoms with Crippen LogP contribution in [0.25, 0.3) is 22.0 Å². The van der Waals surface area contributed by atoms with Gasteiger partial charge in [-0.15, -0.1) is 12.4 Å². The van der Waals surface area contributed by atoms with Crippen molar-refractivity contribution in [2.45, 2.75) is 13.8 Å². The summed E-state index contributed by atoms with van der Waals surface area (Å²) in [6.45, 7) is 3.90. The summed E-state index contributed by atoms with van der Waals surface area (Å²) >= 11 is 12.6. The number of pyridine rings is 1. The standard InChI is InChI=1S/C19H15Cl2NO2.ClH/c1-3-24-19(23)18-11(2)17(13-6-4-5-7-15(13)21)14-10-12(20)8-9-16(14)22-18;/h4-10H,3H2,1-2H3;1H. The minimum Gasteiger partial charge on any atom is -0.461 e. The van der Waals surface area contributed by atoms with Gasteiger partial charge in [0.25, 0.3) is 0 Å². The molecule has 0 unspecified atom stereocenters. The van der Waals surface area contributed by atoms with Crippen LogP contribution in [0.1, 0.15) is 23.0 Å². The van der Waals surface area contributed by atoms with Crippen LogP contribution >= 0.6 is 35.6 Å². The molecule has 0 aliphatic rings. The predicted octanol–water partition coefficient (Wildman–Crippen LogP) is 6.12. The van der Waals surface area contributed by atoms with Crippen LogP contribution in [0.3, 0.4) is 0 Å². The van der Waals surface area contributed by atoms with Crippen LogP contribution in [0.4, 0.5) is 0 Å². The fourth-order valence-electron chi connectivity index (χ4n) is 2.74. The molecule has 25 heavy (non-hydrogen) atoms. The van der Waals surface area contributed by atoms with Gasteiger partial charge in [-0.3, -0.25) is 0 Å². The van der Waals surface area contributed by atoms with Crippen molar-refractivity contribution in [1.82, 2.24) is 4.98 Å². The molecule has 0 spiro atoms. The lowest BCUT2D eigenvalue weighted by atomic mass is 9.95. The first-order chi connectivity index (χ1) is 11.5. The smallest absolute Gasteiger partial charge is 0.357 e. The topological polar surface area (TPSA) is 39.2 Å². The molecule has 3 rings (SSSR count). The zero-order valence-corrected chi connectivity index (χ0v) is 16.0. The first-order valence-electron chi connectivity index (χ1n) is 7.54. The second-order valence-corrected chi connectivity index (χ2v) is 6.17. The predicted molar refractivity (Wildman–Crippen MR) is 105 cm³/mol. The van der Waals surface area contributed by atoms with E-state index in [4.69, 9.17) is 27.9 Å². The van der Waals surface area contributed by atoms with Crippen molar-refractivity contribution in [2.75, 3.05) is 6.61 Å². The van der Waals surface area contributed by atoms with Gasteiger partial charge in [-0.05, 0) is 49.2 Å². The average molecular weight is 397 g/mol. The summed E-state index contributed by atoms with van der Waals surface area (Å²) in [5, 5.41) is 2.05. The van der Waals surface area contributed by atoms with Gasteiger partial charge in [0.1, 0.15) is 0 Å². The van der Waals surface area contributed by atoms with Crippen molar-refractivity contribution in [3.8, 4) is 11.1 Å². The Balaban J connectivity index is 0.00000225. The minimum atomic E-state index is -0.444. The normalized spacial score (nSPS) is 10.4. The number of benzene rings is 2. The van der Waals surface area contributed by atoms with Gasteiger partial charge in [0.05, 0.1) is 12.1 Å². The molecule has 0 radical (unpaired) electrons. The number of nitrogens with zero attached hydrogens (tertiary/aromatic N) is 1. The number of ether oxygens (including phenoxy) is 1. The largest absolute Gasteiger partial charge is 0.461 e. The highest BCUT2D eigenvalue weighted by Gasteiger charge is 2.20. The molecule has 0 amide bonds. The second kappa shape index (κ2) is 8.05. The number of hydrogen-bond acceptors (Lipinski definition) is 3. The Morgan fingerprint density at radius 1 is 1.16 bits per heavy atom. The summed E-state index contributed by atoms with van der Waals surface area (Å²) in [6.07, 6.45) is 0. The van der Waals surface area contributed by atoms with Crippen LogP contribution in [0.15, 0.2) is 42.5 Å². The van der Waals surface area contributed by atoms with E-state index in [1.165, 1.54) is 0 Å². The molecule has 0 aliphatic heterocycles. The van der Waals surface area contributed by atoms with E-state index in [9.17, 15) is 4.79 Å². The molecule has 130 valence electrons. The Morgan fingerprint density at radius 3 is 2.56 bits per heavy atom. The molecular formula is C19H16Cl3NO2. The maximum absolute atomic E-state index is 12.3. The molecule has 0 saturated carbocycles. The van der Waals surface area contributed by atoms with Crippen LogP contribution < -0.4 is 0 Å². The Labute approximate surface area is 162 Å². The first kappa shape index (κ1) is 19.5. The zero-order chi connectivity index (χ0) is 17.3. The fourth-order valence-corrected chi connectivity index (χ4v) is 3.14. The van der Waals surface area contributed by atoms with Crippen LogP contribution in [-0.2, 0) is 4.74 Å². The van der Waals surface area contributed by atoms with Gasteiger partial charge in [-0.25, -0.2) is 9.78 Å². The number of carbonyl (C=O) groups is 1. The lowest BCUT2D eigenvalue weighted by molar-refractivity contribution is 0.0519. The molecule has 0 aliphatic carbocycles. The first-order valence-corrected chi connectivity index (χ1v) is 8.30. The van der Waals surface area contributed by atoms with Gasteiger partial charge in [-0.1, -0.05) is 41.4 Å². The molecule has 3 aromatic rings. The van der Waals surface area contributed by atoms with Gasteiger partial charge >= 0.3 is 5.97 Å². The van der Waals surface area contributed by atoms with Crippen molar-refractivity contribution in [3.05, 3.63) is 63.8 Å². The highest BCUT2D eigenvalue weighted by molar-refractivity contribution is 6.34. The van der Waals surface area contributed by atoms with E-state index >= 15 is 0 Å². The number of aromatic nitrogens is 1. The summed E-state index contributed by atoms with van der Waals surface area (Å²) in [5.41, 5.74) is 3.36. The van der Waals surface area contributed by atoms with Crippen LogP contribution in [0.2, 0.25) is 10.0 Å². The van der Waals surface area contributed by atoms with E-state index in [1.807, 2.05) is 37.3 Å². The van der Waals surface area contributed by atoms with Crippen LogP contribution in [0, 0.1) is 6.92 Å². The molecule has 1 aromatic heterocycles. The highest BCUT2D eigenvalue weighted by atomic mass is 35.5. The summed E-state index contributed by atoms with van der Waals surface area (Å²) in [5.74, 6) is -0.444. The number of halogens is 3. The van der Waals surface area contributed by atoms with Crippen molar-refractivity contribution >= 4 is 52.5 Å². The number of esters is 1. The number of carbonyl (C=O) groups excluding carboxylic acids is 1. The molecule has 0 N–H and O–H groups in total. The minimum absolute atomic E-state index is 0. The van der Waals surface area contributed by atoms with Gasteiger partial charge in [0.2, 0.25) is 0 Å². The maximum atomic E-state index is 12.3. The van der Waals surface area contributed by atoms with Crippen LogP contribution in [-0.4, -0.2) is 17.6 Å². The SMILES string of the molecule is CCOC(=O)c1nc2ccc(Cl)cc2c(-c2ccccc2Cl)c1C.Cl. The summed E-state index contributed by atoms with van der Waals surface area (Å²) < 4.78 is 5.14. The third-order valence-electron chi connectivity index (χ3n) is 3.80.